The van der Waals surface area contributed by atoms with E-state index in [9.17, 15) is 9.18 Å². The molecule has 0 saturated carbocycles. The van der Waals surface area contributed by atoms with Crippen LogP contribution in [0.2, 0.25) is 0 Å². The number of imidazole rings is 1. The molecule has 0 aliphatic heterocycles. The Balaban J connectivity index is 1.66. The van der Waals surface area contributed by atoms with Crippen LogP contribution in [-0.2, 0) is 11.3 Å². The number of aryl methyl sites for hydroxylation is 1. The summed E-state index contributed by atoms with van der Waals surface area (Å²) in [6.07, 6.45) is 0. The second-order valence-electron chi connectivity index (χ2n) is 6.15. The van der Waals surface area contributed by atoms with Gasteiger partial charge in [0.1, 0.15) is 5.82 Å². The van der Waals surface area contributed by atoms with Gasteiger partial charge < -0.3 is 9.88 Å². The molecule has 1 amide bonds. The molecule has 1 aromatic heterocycles. The van der Waals surface area contributed by atoms with Crippen molar-refractivity contribution < 1.29 is 9.18 Å². The zero-order valence-corrected chi connectivity index (χ0v) is 15.2. The first-order chi connectivity index (χ1) is 11.9. The van der Waals surface area contributed by atoms with Gasteiger partial charge in [0.25, 0.3) is 0 Å². The Morgan fingerprint density at radius 3 is 2.88 bits per heavy atom. The van der Waals surface area contributed by atoms with Gasteiger partial charge >= 0.3 is 0 Å². The Morgan fingerprint density at radius 1 is 1.32 bits per heavy atom. The number of fused-ring (bicyclic) bond motifs is 1. The van der Waals surface area contributed by atoms with Gasteiger partial charge in [-0.3, -0.25) is 4.79 Å². The van der Waals surface area contributed by atoms with Gasteiger partial charge in [0.2, 0.25) is 5.91 Å². The largest absolute Gasteiger partial charge is 0.340 e. The average Bonchev–Trinajstić information content (AvgIpc) is 2.95. The molecule has 0 bridgehead atoms. The summed E-state index contributed by atoms with van der Waals surface area (Å²) in [6, 6.07) is 12.3. The first kappa shape index (κ1) is 17.5. The van der Waals surface area contributed by atoms with Crippen LogP contribution < -0.4 is 0 Å². The molecule has 3 aromatic rings. The van der Waals surface area contributed by atoms with E-state index in [0.717, 1.165) is 27.3 Å². The molecular formula is C19H20FN3OS. The molecule has 0 aliphatic rings. The molecule has 1 atom stereocenters. The van der Waals surface area contributed by atoms with E-state index in [0.29, 0.717) is 6.54 Å². The summed E-state index contributed by atoms with van der Waals surface area (Å²) in [5.74, 6) is -0.316. The van der Waals surface area contributed by atoms with Crippen molar-refractivity contribution in [3.05, 3.63) is 59.4 Å². The number of aromatic nitrogens is 2. The highest BCUT2D eigenvalue weighted by Crippen LogP contribution is 2.25. The summed E-state index contributed by atoms with van der Waals surface area (Å²) >= 11 is 1.39. The third kappa shape index (κ3) is 4.20. The van der Waals surface area contributed by atoms with Gasteiger partial charge in [-0.2, -0.15) is 0 Å². The van der Waals surface area contributed by atoms with Crippen molar-refractivity contribution in [1.82, 2.24) is 14.9 Å². The van der Waals surface area contributed by atoms with Gasteiger partial charge in [0.05, 0.1) is 16.3 Å². The maximum absolute atomic E-state index is 13.3. The fourth-order valence-corrected chi connectivity index (χ4v) is 3.61. The van der Waals surface area contributed by atoms with Crippen LogP contribution in [0.3, 0.4) is 0 Å². The van der Waals surface area contributed by atoms with Gasteiger partial charge in [-0.05, 0) is 49.2 Å². The maximum atomic E-state index is 13.3. The minimum atomic E-state index is -0.293. The predicted octanol–water partition coefficient (Wildman–Crippen LogP) is 4.15. The average molecular weight is 357 g/mol. The number of amides is 1. The molecule has 0 unspecified atom stereocenters. The number of aromatic amines is 1. The number of halogens is 1. The first-order valence-corrected chi connectivity index (χ1v) is 8.93. The molecule has 25 heavy (non-hydrogen) atoms. The third-order valence-corrected chi connectivity index (χ3v) is 4.91. The van der Waals surface area contributed by atoms with Crippen molar-refractivity contribution in [2.75, 3.05) is 7.05 Å². The van der Waals surface area contributed by atoms with E-state index >= 15 is 0 Å². The molecule has 0 saturated heterocycles. The third-order valence-electron chi connectivity index (χ3n) is 3.94. The van der Waals surface area contributed by atoms with Gasteiger partial charge in [-0.1, -0.05) is 30.0 Å². The number of rotatable bonds is 5. The summed E-state index contributed by atoms with van der Waals surface area (Å²) < 4.78 is 13.3. The zero-order valence-electron chi connectivity index (χ0n) is 14.4. The summed E-state index contributed by atoms with van der Waals surface area (Å²) in [6.45, 7) is 4.26. The Hall–Kier alpha value is -2.34. The second kappa shape index (κ2) is 7.27. The summed E-state index contributed by atoms with van der Waals surface area (Å²) in [5.41, 5.74) is 3.79. The lowest BCUT2D eigenvalue weighted by atomic mass is 10.2. The van der Waals surface area contributed by atoms with Crippen LogP contribution in [0.15, 0.2) is 47.6 Å². The molecule has 0 aliphatic carbocycles. The van der Waals surface area contributed by atoms with Crippen molar-refractivity contribution in [2.24, 2.45) is 0 Å². The second-order valence-corrected chi connectivity index (χ2v) is 7.48. The highest BCUT2D eigenvalue weighted by atomic mass is 32.2. The number of thioether (sulfide) groups is 1. The Kier molecular flexibility index (Phi) is 5.08. The number of carbonyl (C=O) groups excluding carboxylic acids is 1. The summed E-state index contributed by atoms with van der Waals surface area (Å²) in [4.78, 5) is 22.0. The van der Waals surface area contributed by atoms with Crippen molar-refractivity contribution in [2.45, 2.75) is 30.8 Å². The summed E-state index contributed by atoms with van der Waals surface area (Å²) in [5, 5.41) is 0.431. The van der Waals surface area contributed by atoms with Gasteiger partial charge in [0.15, 0.2) is 5.16 Å². The molecular weight excluding hydrogens is 337 g/mol. The lowest BCUT2D eigenvalue weighted by molar-refractivity contribution is -0.129. The van der Waals surface area contributed by atoms with Crippen LogP contribution in [0.25, 0.3) is 11.0 Å². The van der Waals surface area contributed by atoms with E-state index in [2.05, 4.69) is 9.97 Å². The van der Waals surface area contributed by atoms with Crippen LogP contribution in [-0.4, -0.2) is 33.1 Å². The van der Waals surface area contributed by atoms with Gasteiger partial charge in [-0.25, -0.2) is 9.37 Å². The van der Waals surface area contributed by atoms with E-state index in [4.69, 9.17) is 0 Å². The molecule has 4 nitrogen and oxygen atoms in total. The fraction of sp³-hybridized carbons (Fsp3) is 0.263. The van der Waals surface area contributed by atoms with Gasteiger partial charge in [0, 0.05) is 13.6 Å². The van der Waals surface area contributed by atoms with Gasteiger partial charge in [-0.15, -0.1) is 0 Å². The molecule has 2 aromatic carbocycles. The predicted molar refractivity (Wildman–Crippen MR) is 99.0 cm³/mol. The minimum Gasteiger partial charge on any atom is -0.340 e. The van der Waals surface area contributed by atoms with Crippen LogP contribution in [0, 0.1) is 12.7 Å². The highest BCUT2D eigenvalue weighted by molar-refractivity contribution is 8.00. The van der Waals surface area contributed by atoms with E-state index in [-0.39, 0.29) is 17.0 Å². The first-order valence-electron chi connectivity index (χ1n) is 8.05. The molecule has 0 radical (unpaired) electrons. The standard InChI is InChI=1S/C19H20FN3OS/c1-12-7-8-16-17(9-12)22-19(21-16)25-13(2)18(24)23(3)11-14-5-4-6-15(20)10-14/h4-10,13H,11H2,1-3H3,(H,21,22)/t13-/m0/s1. The topological polar surface area (TPSA) is 49.0 Å². The van der Waals surface area contributed by atoms with Crippen molar-refractivity contribution in [3.8, 4) is 0 Å². The fourth-order valence-electron chi connectivity index (χ4n) is 2.67. The lowest BCUT2D eigenvalue weighted by Crippen LogP contribution is -2.32. The van der Waals surface area contributed by atoms with Crippen LogP contribution >= 0.6 is 11.8 Å². The molecule has 1 N–H and O–H groups in total. The van der Waals surface area contributed by atoms with Crippen LogP contribution in [0.5, 0.6) is 0 Å². The van der Waals surface area contributed by atoms with E-state index in [1.807, 2.05) is 38.1 Å². The Labute approximate surface area is 150 Å². The number of benzene rings is 2. The smallest absolute Gasteiger partial charge is 0.235 e. The zero-order chi connectivity index (χ0) is 18.0. The van der Waals surface area contributed by atoms with Crippen molar-refractivity contribution >= 4 is 28.7 Å². The number of hydrogen-bond donors (Lipinski definition) is 1. The van der Waals surface area contributed by atoms with Crippen molar-refractivity contribution in [1.29, 1.82) is 0 Å². The Morgan fingerprint density at radius 2 is 2.12 bits per heavy atom. The number of nitrogens with zero attached hydrogens (tertiary/aromatic N) is 2. The van der Waals surface area contributed by atoms with Crippen molar-refractivity contribution in [3.63, 3.8) is 0 Å². The van der Waals surface area contributed by atoms with E-state index < -0.39 is 0 Å². The normalized spacial score (nSPS) is 12.3. The number of H-pyrrole nitrogens is 1. The van der Waals surface area contributed by atoms with E-state index in [1.165, 1.54) is 23.9 Å². The molecule has 0 fully saturated rings. The molecule has 0 spiro atoms. The van der Waals surface area contributed by atoms with Crippen LogP contribution in [0.1, 0.15) is 18.1 Å². The highest BCUT2D eigenvalue weighted by Gasteiger charge is 2.20. The Bertz CT molecular complexity index is 909. The van der Waals surface area contributed by atoms with Crippen LogP contribution in [0.4, 0.5) is 4.39 Å². The molecule has 3 rings (SSSR count). The summed E-state index contributed by atoms with van der Waals surface area (Å²) in [7, 11) is 1.73. The number of hydrogen-bond acceptors (Lipinski definition) is 3. The number of carbonyl (C=O) groups is 1. The molecule has 6 heteroatoms. The monoisotopic (exact) mass is 357 g/mol. The lowest BCUT2D eigenvalue weighted by Gasteiger charge is -2.20. The molecule has 130 valence electrons. The van der Waals surface area contributed by atoms with E-state index in [1.54, 1.807) is 18.0 Å². The SMILES string of the molecule is Cc1ccc2nc(S[C@@H](C)C(=O)N(C)Cc3cccc(F)c3)[nH]c2c1. The quantitative estimate of drug-likeness (QED) is 0.698. The minimum absolute atomic E-state index is 0.0223. The maximum Gasteiger partial charge on any atom is 0.235 e. The molecule has 1 heterocycles. The number of nitrogens with one attached hydrogen (secondary N) is 1.